The molecule has 0 aliphatic carbocycles. The van der Waals surface area contributed by atoms with Crippen molar-refractivity contribution >= 4 is 5.91 Å². The lowest BCUT2D eigenvalue weighted by Crippen LogP contribution is -2.28. The van der Waals surface area contributed by atoms with Gasteiger partial charge in [0.05, 0.1) is 36.7 Å². The van der Waals surface area contributed by atoms with E-state index in [4.69, 9.17) is 9.47 Å². The average Bonchev–Trinajstić information content (AvgIpc) is 3.07. The van der Waals surface area contributed by atoms with Crippen molar-refractivity contribution in [3.63, 3.8) is 0 Å². The number of carbonyl (C=O) groups excluding carboxylic acids is 1. The fourth-order valence-corrected chi connectivity index (χ4v) is 3.79. The molecule has 2 aromatic heterocycles. The van der Waals surface area contributed by atoms with E-state index < -0.39 is 0 Å². The molecule has 0 radical (unpaired) electrons. The molecule has 3 heterocycles. The van der Waals surface area contributed by atoms with Crippen molar-refractivity contribution in [1.29, 1.82) is 0 Å². The zero-order valence-corrected chi connectivity index (χ0v) is 17.0. The van der Waals surface area contributed by atoms with Gasteiger partial charge in [0, 0.05) is 43.9 Å². The first-order valence-electron chi connectivity index (χ1n) is 9.34. The molecule has 0 spiro atoms. The van der Waals surface area contributed by atoms with E-state index in [-0.39, 0.29) is 18.1 Å². The van der Waals surface area contributed by atoms with E-state index in [2.05, 4.69) is 15.5 Å². The summed E-state index contributed by atoms with van der Waals surface area (Å²) in [4.78, 5) is 12.9. The molecular formula is C19H29N5O3. The molecule has 2 atom stereocenters. The molecule has 0 saturated heterocycles. The van der Waals surface area contributed by atoms with E-state index in [1.807, 2.05) is 39.4 Å². The van der Waals surface area contributed by atoms with Gasteiger partial charge in [-0.3, -0.25) is 14.2 Å². The van der Waals surface area contributed by atoms with Crippen LogP contribution in [0.1, 0.15) is 58.6 Å². The number of hydrogen-bond acceptors (Lipinski definition) is 5. The highest BCUT2D eigenvalue weighted by Gasteiger charge is 2.31. The number of fused-ring (bicyclic) bond motifs is 1. The highest BCUT2D eigenvalue weighted by molar-refractivity contribution is 5.94. The Hall–Kier alpha value is -2.19. The number of aryl methyl sites for hydroxylation is 2. The van der Waals surface area contributed by atoms with Crippen molar-refractivity contribution in [2.45, 2.75) is 59.4 Å². The van der Waals surface area contributed by atoms with E-state index in [9.17, 15) is 4.79 Å². The zero-order chi connectivity index (χ0) is 19.7. The molecule has 1 aliphatic heterocycles. The Morgan fingerprint density at radius 2 is 2.07 bits per heavy atom. The first-order chi connectivity index (χ1) is 12.8. The van der Waals surface area contributed by atoms with Gasteiger partial charge in [-0.1, -0.05) is 0 Å². The fourth-order valence-electron chi connectivity index (χ4n) is 3.79. The number of nitrogens with one attached hydrogen (secondary N) is 1. The van der Waals surface area contributed by atoms with E-state index in [0.29, 0.717) is 31.8 Å². The van der Waals surface area contributed by atoms with E-state index in [1.165, 1.54) is 0 Å². The second kappa shape index (κ2) is 7.82. The highest BCUT2D eigenvalue weighted by Crippen LogP contribution is 2.31. The second-order valence-corrected chi connectivity index (χ2v) is 7.18. The average molecular weight is 375 g/mol. The van der Waals surface area contributed by atoms with Gasteiger partial charge in [-0.15, -0.1) is 0 Å². The largest absolute Gasteiger partial charge is 0.383 e. The Morgan fingerprint density at radius 3 is 2.78 bits per heavy atom. The number of hydrogen-bond donors (Lipinski definition) is 1. The molecule has 0 bridgehead atoms. The summed E-state index contributed by atoms with van der Waals surface area (Å²) in [6.45, 7) is 9.72. The summed E-state index contributed by atoms with van der Waals surface area (Å²) in [7, 11) is 3.48. The van der Waals surface area contributed by atoms with Gasteiger partial charge >= 0.3 is 0 Å². The van der Waals surface area contributed by atoms with Gasteiger partial charge in [0.2, 0.25) is 0 Å². The van der Waals surface area contributed by atoms with Crippen molar-refractivity contribution in [3.05, 3.63) is 33.9 Å². The lowest BCUT2D eigenvalue weighted by atomic mass is 9.99. The van der Waals surface area contributed by atoms with Crippen LogP contribution in [0, 0.1) is 13.8 Å². The van der Waals surface area contributed by atoms with E-state index in [1.54, 1.807) is 11.8 Å². The van der Waals surface area contributed by atoms with Crippen LogP contribution in [0.2, 0.25) is 0 Å². The third-order valence-electron chi connectivity index (χ3n) is 5.17. The molecular weight excluding hydrogens is 346 g/mol. The first kappa shape index (κ1) is 19.6. The third kappa shape index (κ3) is 3.77. The fraction of sp³-hybridized carbons (Fsp3) is 0.632. The van der Waals surface area contributed by atoms with Gasteiger partial charge in [-0.05, 0) is 27.7 Å². The molecule has 0 aromatic carbocycles. The number of nitrogens with zero attached hydrogens (tertiary/aromatic N) is 4. The SMILES string of the molecule is COCCn1nc(C)c(CNC(=O)c2c3c(nn2C)[C@H](C)O[C@H](C)C3)c1C. The van der Waals surface area contributed by atoms with Crippen molar-refractivity contribution < 1.29 is 14.3 Å². The molecule has 8 heteroatoms. The molecule has 0 fully saturated rings. The van der Waals surface area contributed by atoms with Gasteiger partial charge in [-0.2, -0.15) is 10.2 Å². The normalized spacial score (nSPS) is 19.2. The number of amides is 1. The van der Waals surface area contributed by atoms with Gasteiger partial charge in [-0.25, -0.2) is 0 Å². The minimum Gasteiger partial charge on any atom is -0.383 e. The van der Waals surface area contributed by atoms with Crippen LogP contribution in [-0.4, -0.2) is 45.3 Å². The topological polar surface area (TPSA) is 83.2 Å². The number of carbonyl (C=O) groups is 1. The van der Waals surface area contributed by atoms with Gasteiger partial charge in [0.15, 0.2) is 0 Å². The molecule has 0 saturated carbocycles. The van der Waals surface area contributed by atoms with Crippen molar-refractivity contribution in [3.8, 4) is 0 Å². The number of rotatable bonds is 6. The van der Waals surface area contributed by atoms with E-state index in [0.717, 1.165) is 28.2 Å². The zero-order valence-electron chi connectivity index (χ0n) is 17.0. The highest BCUT2D eigenvalue weighted by atomic mass is 16.5. The molecule has 2 aromatic rings. The molecule has 27 heavy (non-hydrogen) atoms. The number of methoxy groups -OCH3 is 1. The van der Waals surface area contributed by atoms with Crippen LogP contribution in [0.15, 0.2) is 0 Å². The predicted octanol–water partition coefficient (Wildman–Crippen LogP) is 1.83. The summed E-state index contributed by atoms with van der Waals surface area (Å²) in [6, 6.07) is 0. The Balaban J connectivity index is 1.77. The standard InChI is InChI=1S/C19H29N5O3/c1-11-9-15-17(14(4)27-11)22-23(5)18(15)19(25)20-10-16-12(2)21-24(13(16)3)7-8-26-6/h11,14H,7-10H2,1-6H3,(H,20,25)/t11-,14+/m1/s1. The molecule has 148 valence electrons. The second-order valence-electron chi connectivity index (χ2n) is 7.18. The third-order valence-corrected chi connectivity index (χ3v) is 5.17. The summed E-state index contributed by atoms with van der Waals surface area (Å²) in [5.74, 6) is -0.115. The van der Waals surface area contributed by atoms with Crippen LogP contribution in [0.4, 0.5) is 0 Å². The quantitative estimate of drug-likeness (QED) is 0.833. The minimum absolute atomic E-state index is 0.0757. The smallest absolute Gasteiger partial charge is 0.270 e. The summed E-state index contributed by atoms with van der Waals surface area (Å²) in [5.41, 5.74) is 5.49. The minimum atomic E-state index is -0.115. The first-order valence-corrected chi connectivity index (χ1v) is 9.34. The van der Waals surface area contributed by atoms with Gasteiger partial charge in [0.25, 0.3) is 5.91 Å². The van der Waals surface area contributed by atoms with Crippen LogP contribution >= 0.6 is 0 Å². The van der Waals surface area contributed by atoms with Gasteiger partial charge in [0.1, 0.15) is 5.69 Å². The Labute approximate surface area is 159 Å². The van der Waals surface area contributed by atoms with Crippen molar-refractivity contribution in [1.82, 2.24) is 24.9 Å². The molecule has 3 rings (SSSR count). The van der Waals surface area contributed by atoms with Crippen LogP contribution < -0.4 is 5.32 Å². The Bertz CT molecular complexity index is 839. The van der Waals surface area contributed by atoms with Crippen LogP contribution in [0.25, 0.3) is 0 Å². The van der Waals surface area contributed by atoms with Crippen LogP contribution in [-0.2, 0) is 36.0 Å². The summed E-state index contributed by atoms with van der Waals surface area (Å²) in [5, 5.41) is 12.1. The summed E-state index contributed by atoms with van der Waals surface area (Å²) in [6.07, 6.45) is 0.676. The van der Waals surface area contributed by atoms with Gasteiger partial charge < -0.3 is 14.8 Å². The maximum atomic E-state index is 12.9. The van der Waals surface area contributed by atoms with Crippen molar-refractivity contribution in [2.24, 2.45) is 7.05 Å². The molecule has 1 amide bonds. The Morgan fingerprint density at radius 1 is 1.33 bits per heavy atom. The Kier molecular flexibility index (Phi) is 5.67. The maximum Gasteiger partial charge on any atom is 0.270 e. The van der Waals surface area contributed by atoms with Crippen molar-refractivity contribution in [2.75, 3.05) is 13.7 Å². The lowest BCUT2D eigenvalue weighted by Gasteiger charge is -2.24. The maximum absolute atomic E-state index is 12.9. The monoisotopic (exact) mass is 375 g/mol. The molecule has 1 aliphatic rings. The number of aromatic nitrogens is 4. The predicted molar refractivity (Wildman–Crippen MR) is 101 cm³/mol. The van der Waals surface area contributed by atoms with Crippen LogP contribution in [0.5, 0.6) is 0 Å². The molecule has 1 N–H and O–H groups in total. The molecule has 8 nitrogen and oxygen atoms in total. The van der Waals surface area contributed by atoms with Crippen LogP contribution in [0.3, 0.4) is 0 Å². The summed E-state index contributed by atoms with van der Waals surface area (Å²) >= 11 is 0. The summed E-state index contributed by atoms with van der Waals surface area (Å²) < 4.78 is 14.5. The van der Waals surface area contributed by atoms with E-state index >= 15 is 0 Å². The number of ether oxygens (including phenoxy) is 2. The molecule has 0 unspecified atom stereocenters. The lowest BCUT2D eigenvalue weighted by molar-refractivity contribution is -0.00710.